The standard InChI is InChI=1S/C21H21N3O3.C2H6/c1-13(2)26-9-8-23-17-6-4-16(5-7-17)21-24-19-11-15(12-22)10-18(14(3)25)20(19)27-21;1-2/h4-7,10-11,13,23H,8-9H2,1-3H3;1-2H3. The van der Waals surface area contributed by atoms with Crippen LogP contribution in [-0.4, -0.2) is 30.0 Å². The normalized spacial score (nSPS) is 10.4. The molecule has 0 aliphatic rings. The van der Waals surface area contributed by atoms with Gasteiger partial charge in [0.2, 0.25) is 5.89 Å². The van der Waals surface area contributed by atoms with Crippen LogP contribution in [0.4, 0.5) is 5.69 Å². The molecule has 0 saturated carbocycles. The van der Waals surface area contributed by atoms with Gasteiger partial charge in [0.05, 0.1) is 29.9 Å². The van der Waals surface area contributed by atoms with E-state index in [0.717, 1.165) is 17.8 Å². The summed E-state index contributed by atoms with van der Waals surface area (Å²) in [5.41, 5.74) is 3.43. The van der Waals surface area contributed by atoms with Gasteiger partial charge in [0.25, 0.3) is 0 Å². The van der Waals surface area contributed by atoms with E-state index < -0.39 is 0 Å². The molecule has 0 fully saturated rings. The lowest BCUT2D eigenvalue weighted by Gasteiger charge is -2.09. The Morgan fingerprint density at radius 2 is 1.93 bits per heavy atom. The first-order chi connectivity index (χ1) is 14.0. The molecule has 29 heavy (non-hydrogen) atoms. The maximum absolute atomic E-state index is 11.9. The first-order valence-corrected chi connectivity index (χ1v) is 9.79. The van der Waals surface area contributed by atoms with Crippen LogP contribution in [0, 0.1) is 11.3 Å². The van der Waals surface area contributed by atoms with Gasteiger partial charge in [-0.3, -0.25) is 4.79 Å². The fraction of sp³-hybridized carbons (Fsp3) is 0.348. The summed E-state index contributed by atoms with van der Waals surface area (Å²) in [6.07, 6.45) is 0.217. The number of nitrogens with zero attached hydrogens (tertiary/aromatic N) is 2. The summed E-state index contributed by atoms with van der Waals surface area (Å²) >= 11 is 0. The van der Waals surface area contributed by atoms with Crippen LogP contribution in [0.15, 0.2) is 40.8 Å². The molecule has 3 rings (SSSR count). The number of aromatic nitrogens is 1. The molecule has 0 amide bonds. The Morgan fingerprint density at radius 1 is 1.24 bits per heavy atom. The summed E-state index contributed by atoms with van der Waals surface area (Å²) < 4.78 is 11.3. The Morgan fingerprint density at radius 3 is 2.52 bits per heavy atom. The fourth-order valence-corrected chi connectivity index (χ4v) is 2.70. The molecule has 0 spiro atoms. The van der Waals surface area contributed by atoms with Gasteiger partial charge in [-0.1, -0.05) is 13.8 Å². The first-order valence-electron chi connectivity index (χ1n) is 9.79. The van der Waals surface area contributed by atoms with Crippen molar-refractivity contribution in [2.45, 2.75) is 40.7 Å². The molecule has 2 aromatic carbocycles. The topological polar surface area (TPSA) is 88.2 Å². The van der Waals surface area contributed by atoms with Crippen LogP contribution in [0.1, 0.15) is 50.5 Å². The molecule has 0 aliphatic carbocycles. The summed E-state index contributed by atoms with van der Waals surface area (Å²) in [5, 5.41) is 12.4. The van der Waals surface area contributed by atoms with Gasteiger partial charge in [-0.2, -0.15) is 5.26 Å². The van der Waals surface area contributed by atoms with Gasteiger partial charge in [-0.15, -0.1) is 0 Å². The van der Waals surface area contributed by atoms with Gasteiger partial charge in [-0.25, -0.2) is 4.98 Å². The number of hydrogen-bond donors (Lipinski definition) is 1. The van der Waals surface area contributed by atoms with Crippen molar-refractivity contribution in [3.8, 4) is 17.5 Å². The number of rotatable bonds is 7. The Bertz CT molecular complexity index is 999. The van der Waals surface area contributed by atoms with Crippen LogP contribution in [0.3, 0.4) is 0 Å². The zero-order valence-corrected chi connectivity index (χ0v) is 17.6. The minimum atomic E-state index is -0.164. The molecule has 6 heteroatoms. The number of fused-ring (bicyclic) bond motifs is 1. The van der Waals surface area contributed by atoms with E-state index in [1.165, 1.54) is 13.0 Å². The van der Waals surface area contributed by atoms with E-state index in [4.69, 9.17) is 14.4 Å². The molecule has 6 nitrogen and oxygen atoms in total. The largest absolute Gasteiger partial charge is 0.435 e. The Hall–Kier alpha value is -3.17. The molecule has 0 unspecified atom stereocenters. The summed E-state index contributed by atoms with van der Waals surface area (Å²) in [5.74, 6) is 0.250. The smallest absolute Gasteiger partial charge is 0.227 e. The molecular weight excluding hydrogens is 366 g/mol. The fourth-order valence-electron chi connectivity index (χ4n) is 2.70. The van der Waals surface area contributed by atoms with Crippen LogP contribution in [0.2, 0.25) is 0 Å². The third-order valence-electron chi connectivity index (χ3n) is 4.01. The number of benzene rings is 2. The van der Waals surface area contributed by atoms with Crippen LogP contribution in [0.25, 0.3) is 22.6 Å². The summed E-state index contributed by atoms with van der Waals surface area (Å²) in [4.78, 5) is 16.3. The third-order valence-corrected chi connectivity index (χ3v) is 4.01. The maximum Gasteiger partial charge on any atom is 0.227 e. The quantitative estimate of drug-likeness (QED) is 0.425. The number of ether oxygens (including phenoxy) is 1. The number of carbonyl (C=O) groups excluding carboxylic acids is 1. The van der Waals surface area contributed by atoms with Crippen molar-refractivity contribution in [2.75, 3.05) is 18.5 Å². The van der Waals surface area contributed by atoms with Crippen molar-refractivity contribution in [2.24, 2.45) is 0 Å². The predicted molar refractivity (Wildman–Crippen MR) is 115 cm³/mol. The van der Waals surface area contributed by atoms with Gasteiger partial charge < -0.3 is 14.5 Å². The van der Waals surface area contributed by atoms with E-state index in [1.807, 2.05) is 58.0 Å². The Kier molecular flexibility index (Phi) is 7.93. The van der Waals surface area contributed by atoms with Gasteiger partial charge in [0, 0.05) is 17.8 Å². The van der Waals surface area contributed by atoms with Crippen molar-refractivity contribution >= 4 is 22.6 Å². The van der Waals surface area contributed by atoms with E-state index in [1.54, 1.807) is 6.07 Å². The van der Waals surface area contributed by atoms with Crippen molar-refractivity contribution in [3.63, 3.8) is 0 Å². The van der Waals surface area contributed by atoms with Crippen LogP contribution >= 0.6 is 0 Å². The Balaban J connectivity index is 0.00000145. The second-order valence-electron chi connectivity index (χ2n) is 6.48. The molecule has 0 aliphatic heterocycles. The molecule has 1 heterocycles. The molecule has 1 aromatic heterocycles. The highest BCUT2D eigenvalue weighted by Crippen LogP contribution is 2.28. The molecule has 0 saturated heterocycles. The minimum Gasteiger partial charge on any atom is -0.435 e. The monoisotopic (exact) mass is 393 g/mol. The van der Waals surface area contributed by atoms with E-state index >= 15 is 0 Å². The van der Waals surface area contributed by atoms with E-state index in [-0.39, 0.29) is 11.9 Å². The number of nitrogens with one attached hydrogen (secondary N) is 1. The average Bonchev–Trinajstić information content (AvgIpc) is 3.16. The molecule has 152 valence electrons. The van der Waals surface area contributed by atoms with Crippen LogP contribution < -0.4 is 5.32 Å². The van der Waals surface area contributed by atoms with Crippen molar-refractivity contribution in [1.29, 1.82) is 5.26 Å². The molecule has 1 N–H and O–H groups in total. The number of carbonyl (C=O) groups is 1. The molecular formula is C23H27N3O3. The van der Waals surface area contributed by atoms with E-state index in [2.05, 4.69) is 10.3 Å². The number of anilines is 1. The van der Waals surface area contributed by atoms with Gasteiger partial charge in [0.15, 0.2) is 11.4 Å². The summed E-state index contributed by atoms with van der Waals surface area (Å²) in [7, 11) is 0. The molecule has 0 radical (unpaired) electrons. The van der Waals surface area contributed by atoms with Gasteiger partial charge in [0.1, 0.15) is 5.52 Å². The number of ketones is 1. The molecule has 3 aromatic rings. The number of Topliss-reactive ketones (excluding diaryl/α,β-unsaturated/α-hetero) is 1. The highest BCUT2D eigenvalue weighted by atomic mass is 16.5. The van der Waals surface area contributed by atoms with Crippen LogP contribution in [-0.2, 0) is 4.74 Å². The zero-order chi connectivity index (χ0) is 21.4. The highest BCUT2D eigenvalue weighted by molar-refractivity contribution is 6.05. The first kappa shape index (κ1) is 22.1. The van der Waals surface area contributed by atoms with Crippen molar-refractivity contribution in [3.05, 3.63) is 47.5 Å². The zero-order valence-electron chi connectivity index (χ0n) is 17.6. The predicted octanol–water partition coefficient (Wildman–Crippen LogP) is 5.43. The second kappa shape index (κ2) is 10.4. The number of nitriles is 1. The van der Waals surface area contributed by atoms with Gasteiger partial charge >= 0.3 is 0 Å². The van der Waals surface area contributed by atoms with Crippen molar-refractivity contribution < 1.29 is 13.9 Å². The lowest BCUT2D eigenvalue weighted by atomic mass is 10.1. The lowest BCUT2D eigenvalue weighted by molar-refractivity contribution is 0.0870. The molecule has 0 atom stereocenters. The lowest BCUT2D eigenvalue weighted by Crippen LogP contribution is -2.13. The SMILES string of the molecule is CC.CC(=O)c1cc(C#N)cc2nc(-c3ccc(NCCOC(C)C)cc3)oc12. The maximum atomic E-state index is 11.9. The number of oxazole rings is 1. The molecule has 0 bridgehead atoms. The second-order valence-corrected chi connectivity index (χ2v) is 6.48. The highest BCUT2D eigenvalue weighted by Gasteiger charge is 2.16. The van der Waals surface area contributed by atoms with E-state index in [0.29, 0.717) is 34.7 Å². The van der Waals surface area contributed by atoms with Gasteiger partial charge in [-0.05, 0) is 57.2 Å². The van der Waals surface area contributed by atoms with Crippen molar-refractivity contribution in [1.82, 2.24) is 4.98 Å². The Labute approximate surface area is 171 Å². The average molecular weight is 393 g/mol. The third kappa shape index (κ3) is 5.66. The van der Waals surface area contributed by atoms with Crippen LogP contribution in [0.5, 0.6) is 0 Å². The summed E-state index contributed by atoms with van der Waals surface area (Å²) in [6.45, 7) is 10.8. The number of hydrogen-bond acceptors (Lipinski definition) is 6. The summed E-state index contributed by atoms with van der Waals surface area (Å²) in [6, 6.07) is 12.9. The van der Waals surface area contributed by atoms with E-state index in [9.17, 15) is 4.79 Å². The minimum absolute atomic E-state index is 0.164.